The minimum atomic E-state index is 0.0545. The number of hydrogen-bond acceptors (Lipinski definition) is 3. The summed E-state index contributed by atoms with van der Waals surface area (Å²) in [6.07, 6.45) is 2.13. The van der Waals surface area contributed by atoms with Crippen LogP contribution in [0, 0.1) is 0 Å². The summed E-state index contributed by atoms with van der Waals surface area (Å²) in [5.41, 5.74) is 2.20. The van der Waals surface area contributed by atoms with Crippen molar-refractivity contribution < 1.29 is 9.59 Å². The Bertz CT molecular complexity index is 880. The molecule has 1 aromatic carbocycles. The number of amides is 2. The van der Waals surface area contributed by atoms with Gasteiger partial charge in [0, 0.05) is 61.3 Å². The second-order valence-corrected chi connectivity index (χ2v) is 8.40. The van der Waals surface area contributed by atoms with E-state index in [1.165, 1.54) is 0 Å². The van der Waals surface area contributed by atoms with E-state index in [1.807, 2.05) is 34.1 Å². The number of piperazine rings is 1. The largest absolute Gasteiger partial charge is 0.351 e. The lowest BCUT2D eigenvalue weighted by Crippen LogP contribution is -2.50. The van der Waals surface area contributed by atoms with Crippen molar-refractivity contribution in [2.75, 3.05) is 32.7 Å². The molecule has 1 N–H and O–H groups in total. The number of H-pyrrole nitrogens is 1. The van der Waals surface area contributed by atoms with Crippen molar-refractivity contribution in [1.29, 1.82) is 0 Å². The van der Waals surface area contributed by atoms with E-state index in [-0.39, 0.29) is 11.8 Å². The molecule has 2 aromatic rings. The smallest absolute Gasteiger partial charge is 0.270 e. The molecule has 0 aliphatic carbocycles. The molecule has 150 valence electrons. The van der Waals surface area contributed by atoms with Gasteiger partial charge >= 0.3 is 0 Å². The second-order valence-electron chi connectivity index (χ2n) is 8.40. The molecule has 2 fully saturated rings. The maximum atomic E-state index is 12.9. The van der Waals surface area contributed by atoms with E-state index >= 15 is 0 Å². The van der Waals surface area contributed by atoms with E-state index in [2.05, 4.69) is 30.7 Å². The monoisotopic (exact) mass is 382 g/mol. The molecule has 0 saturated carbocycles. The summed E-state index contributed by atoms with van der Waals surface area (Å²) in [7, 11) is 0. The van der Waals surface area contributed by atoms with Gasteiger partial charge in [0.25, 0.3) is 11.8 Å². The Hall–Kier alpha value is -2.34. The highest BCUT2D eigenvalue weighted by Gasteiger charge is 2.27. The highest BCUT2D eigenvalue weighted by molar-refractivity contribution is 6.02. The number of nitrogens with one attached hydrogen (secondary N) is 1. The molecule has 1 unspecified atom stereocenters. The van der Waals surface area contributed by atoms with Crippen LogP contribution in [0.1, 0.15) is 54.5 Å². The summed E-state index contributed by atoms with van der Waals surface area (Å²) in [5.74, 6) is 0.131. The molecular weight excluding hydrogens is 352 g/mol. The first-order valence-corrected chi connectivity index (χ1v) is 10.4. The first-order valence-electron chi connectivity index (χ1n) is 10.4. The van der Waals surface area contributed by atoms with Crippen LogP contribution in [0.3, 0.4) is 0 Å². The van der Waals surface area contributed by atoms with Gasteiger partial charge in [-0.3, -0.25) is 14.5 Å². The van der Waals surface area contributed by atoms with Gasteiger partial charge in [-0.25, -0.2) is 0 Å². The molecule has 2 aliphatic heterocycles. The van der Waals surface area contributed by atoms with Crippen LogP contribution >= 0.6 is 0 Å². The third-order valence-corrected chi connectivity index (χ3v) is 6.24. The number of benzene rings is 1. The molecule has 3 heterocycles. The van der Waals surface area contributed by atoms with E-state index in [9.17, 15) is 9.59 Å². The Balaban J connectivity index is 1.50. The van der Waals surface area contributed by atoms with E-state index in [4.69, 9.17) is 0 Å². The predicted molar refractivity (Wildman–Crippen MR) is 111 cm³/mol. The standard InChI is InChI=1S/C22H30N4O2/c1-15(2)24-9-11-25(12-10-24)21(27)17-6-7-19-18(13-17)14-20(23-19)22(28)26-8-4-5-16(26)3/h6-7,13-16,23H,4-5,8-12H2,1-3H3. The van der Waals surface area contributed by atoms with E-state index < -0.39 is 0 Å². The van der Waals surface area contributed by atoms with Crippen LogP contribution in [-0.2, 0) is 0 Å². The summed E-state index contributed by atoms with van der Waals surface area (Å²) in [4.78, 5) is 35.2. The number of aromatic nitrogens is 1. The van der Waals surface area contributed by atoms with Gasteiger partial charge in [-0.2, -0.15) is 0 Å². The zero-order chi connectivity index (χ0) is 19.8. The van der Waals surface area contributed by atoms with Gasteiger partial charge in [-0.1, -0.05) is 0 Å². The molecule has 6 nitrogen and oxygen atoms in total. The first kappa shape index (κ1) is 19.0. The van der Waals surface area contributed by atoms with Gasteiger partial charge in [0.05, 0.1) is 0 Å². The maximum absolute atomic E-state index is 12.9. The molecule has 0 spiro atoms. The average Bonchev–Trinajstić information content (AvgIpc) is 3.32. The van der Waals surface area contributed by atoms with Crippen LogP contribution in [0.4, 0.5) is 0 Å². The summed E-state index contributed by atoms with van der Waals surface area (Å²) in [6.45, 7) is 10.7. The minimum Gasteiger partial charge on any atom is -0.351 e. The number of likely N-dealkylation sites (tertiary alicyclic amines) is 1. The fourth-order valence-corrected chi connectivity index (χ4v) is 4.39. The zero-order valence-corrected chi connectivity index (χ0v) is 17.1. The molecule has 2 amide bonds. The topological polar surface area (TPSA) is 59.7 Å². The van der Waals surface area contributed by atoms with Crippen LogP contribution in [0.2, 0.25) is 0 Å². The summed E-state index contributed by atoms with van der Waals surface area (Å²) < 4.78 is 0. The Morgan fingerprint density at radius 1 is 1.04 bits per heavy atom. The number of nitrogens with zero attached hydrogens (tertiary/aromatic N) is 3. The molecular formula is C22H30N4O2. The zero-order valence-electron chi connectivity index (χ0n) is 17.1. The maximum Gasteiger partial charge on any atom is 0.270 e. The first-order chi connectivity index (χ1) is 13.4. The molecule has 2 aliphatic rings. The number of hydrogen-bond donors (Lipinski definition) is 1. The fourth-order valence-electron chi connectivity index (χ4n) is 4.39. The summed E-state index contributed by atoms with van der Waals surface area (Å²) in [5, 5.41) is 0.918. The minimum absolute atomic E-state index is 0.0545. The van der Waals surface area contributed by atoms with Crippen LogP contribution in [-0.4, -0.2) is 76.3 Å². The molecule has 28 heavy (non-hydrogen) atoms. The van der Waals surface area contributed by atoms with Crippen molar-refractivity contribution in [3.63, 3.8) is 0 Å². The fraction of sp³-hybridized carbons (Fsp3) is 0.545. The molecule has 2 saturated heterocycles. The van der Waals surface area contributed by atoms with Gasteiger partial charge in [0.1, 0.15) is 5.69 Å². The van der Waals surface area contributed by atoms with Crippen molar-refractivity contribution in [1.82, 2.24) is 19.7 Å². The Labute approximate surface area is 166 Å². The van der Waals surface area contributed by atoms with E-state index in [0.717, 1.165) is 56.5 Å². The summed E-state index contributed by atoms with van der Waals surface area (Å²) >= 11 is 0. The van der Waals surface area contributed by atoms with Crippen molar-refractivity contribution in [2.24, 2.45) is 0 Å². The van der Waals surface area contributed by atoms with Crippen LogP contribution < -0.4 is 0 Å². The van der Waals surface area contributed by atoms with E-state index in [1.54, 1.807) is 0 Å². The number of fused-ring (bicyclic) bond motifs is 1. The second kappa shape index (κ2) is 7.59. The van der Waals surface area contributed by atoms with Crippen molar-refractivity contribution >= 4 is 22.7 Å². The van der Waals surface area contributed by atoms with Gasteiger partial charge < -0.3 is 14.8 Å². The number of rotatable bonds is 3. The van der Waals surface area contributed by atoms with Crippen molar-refractivity contribution in [3.05, 3.63) is 35.5 Å². The van der Waals surface area contributed by atoms with Crippen LogP contribution in [0.25, 0.3) is 10.9 Å². The quantitative estimate of drug-likeness (QED) is 0.888. The predicted octanol–water partition coefficient (Wildman–Crippen LogP) is 2.96. The Morgan fingerprint density at radius 2 is 1.79 bits per heavy atom. The van der Waals surface area contributed by atoms with Gasteiger partial charge in [-0.15, -0.1) is 0 Å². The lowest BCUT2D eigenvalue weighted by molar-refractivity contribution is 0.0595. The number of carbonyl (C=O) groups is 2. The van der Waals surface area contributed by atoms with Crippen LogP contribution in [0.15, 0.2) is 24.3 Å². The summed E-state index contributed by atoms with van der Waals surface area (Å²) in [6, 6.07) is 8.38. The van der Waals surface area contributed by atoms with Crippen molar-refractivity contribution in [3.8, 4) is 0 Å². The molecule has 0 radical (unpaired) electrons. The molecule has 1 atom stereocenters. The molecule has 4 rings (SSSR count). The molecule has 1 aromatic heterocycles. The Kier molecular flexibility index (Phi) is 5.15. The van der Waals surface area contributed by atoms with Crippen LogP contribution in [0.5, 0.6) is 0 Å². The molecule has 0 bridgehead atoms. The number of aromatic amines is 1. The van der Waals surface area contributed by atoms with Gasteiger partial charge in [0.15, 0.2) is 0 Å². The number of carbonyl (C=O) groups excluding carboxylic acids is 2. The average molecular weight is 383 g/mol. The third kappa shape index (κ3) is 3.53. The van der Waals surface area contributed by atoms with Gasteiger partial charge in [0.2, 0.25) is 0 Å². The van der Waals surface area contributed by atoms with E-state index in [0.29, 0.717) is 23.3 Å². The third-order valence-electron chi connectivity index (χ3n) is 6.24. The lowest BCUT2D eigenvalue weighted by atomic mass is 10.1. The SMILES string of the molecule is CC(C)N1CCN(C(=O)c2ccc3[nH]c(C(=O)N4CCCC4C)cc3c2)CC1. The molecule has 6 heteroatoms. The lowest BCUT2D eigenvalue weighted by Gasteiger charge is -2.37. The van der Waals surface area contributed by atoms with Gasteiger partial charge in [-0.05, 0) is 57.9 Å². The normalized spacial score (nSPS) is 21.1. The Morgan fingerprint density at radius 3 is 2.43 bits per heavy atom. The van der Waals surface area contributed by atoms with Crippen molar-refractivity contribution in [2.45, 2.75) is 45.7 Å². The highest BCUT2D eigenvalue weighted by Crippen LogP contribution is 2.23. The highest BCUT2D eigenvalue weighted by atomic mass is 16.2.